The molecule has 4 aromatic rings. The third-order valence-corrected chi connectivity index (χ3v) is 6.47. The molecular weight excluding hydrogens is 458 g/mol. The van der Waals surface area contributed by atoms with Gasteiger partial charge in [-0.2, -0.15) is 0 Å². The number of rotatable bonds is 8. The van der Waals surface area contributed by atoms with E-state index in [1.165, 1.54) is 18.3 Å². The second-order valence-electron chi connectivity index (χ2n) is 7.89. The van der Waals surface area contributed by atoms with Crippen LogP contribution in [0.1, 0.15) is 45.1 Å². The van der Waals surface area contributed by atoms with Gasteiger partial charge in [0.15, 0.2) is 0 Å². The van der Waals surface area contributed by atoms with Gasteiger partial charge in [0.05, 0.1) is 11.3 Å². The highest BCUT2D eigenvalue weighted by atomic mass is 35.5. The Bertz CT molecular complexity index is 1340. The fraction of sp³-hybridized carbons (Fsp3) is 0.269. The van der Waals surface area contributed by atoms with Gasteiger partial charge in [0.25, 0.3) is 0 Å². The Hall–Kier alpha value is -2.96. The van der Waals surface area contributed by atoms with Crippen LogP contribution in [0, 0.1) is 0 Å². The number of halogens is 1. The number of aromatic nitrogens is 1. The number of hydrogen-bond acceptors (Lipinski definition) is 6. The van der Waals surface area contributed by atoms with E-state index in [2.05, 4.69) is 11.9 Å². The van der Waals surface area contributed by atoms with Crippen LogP contribution < -0.4 is 10.4 Å². The predicted molar refractivity (Wildman–Crippen MR) is 133 cm³/mol. The van der Waals surface area contributed by atoms with Crippen molar-refractivity contribution in [2.45, 2.75) is 46.0 Å². The SMILES string of the molecule is CCCCCCc1cc2cc(-c3nc(-c4ccc(Cl)cc4)cs3)c(=O)oc2cc1OC(C)=O. The van der Waals surface area contributed by atoms with Crippen LogP contribution in [0.3, 0.4) is 0 Å². The number of aryl methyl sites for hydroxylation is 1. The molecule has 0 amide bonds. The highest BCUT2D eigenvalue weighted by Crippen LogP contribution is 2.32. The maximum absolute atomic E-state index is 12.8. The molecule has 0 unspecified atom stereocenters. The standard InChI is InChI=1S/C26H24ClNO4S/c1-3-4-5-6-7-18-12-19-13-21(26(30)32-24(19)14-23(18)31-16(2)29)25-28-22(15-33-25)17-8-10-20(27)11-9-17/h8-15H,3-7H2,1-2H3. The molecule has 0 radical (unpaired) electrons. The van der Waals surface area contributed by atoms with Gasteiger partial charge >= 0.3 is 11.6 Å². The molecule has 2 aromatic heterocycles. The first-order chi connectivity index (χ1) is 15.9. The quantitative estimate of drug-likeness (QED) is 0.114. The molecule has 0 saturated carbocycles. The Morgan fingerprint density at radius 3 is 2.64 bits per heavy atom. The molecule has 5 nitrogen and oxygen atoms in total. The number of esters is 1. The highest BCUT2D eigenvalue weighted by Gasteiger charge is 2.16. The molecule has 2 heterocycles. The lowest BCUT2D eigenvalue weighted by molar-refractivity contribution is -0.131. The third kappa shape index (κ3) is 5.52. The Morgan fingerprint density at radius 2 is 1.91 bits per heavy atom. The summed E-state index contributed by atoms with van der Waals surface area (Å²) in [5.41, 5.74) is 2.93. The van der Waals surface area contributed by atoms with E-state index in [9.17, 15) is 9.59 Å². The molecular formula is C26H24ClNO4S. The van der Waals surface area contributed by atoms with Crippen molar-refractivity contribution in [1.82, 2.24) is 4.98 Å². The molecule has 33 heavy (non-hydrogen) atoms. The van der Waals surface area contributed by atoms with Gasteiger partial charge in [-0.05, 0) is 42.7 Å². The molecule has 0 aliphatic heterocycles. The van der Waals surface area contributed by atoms with E-state index in [0.29, 0.717) is 26.9 Å². The normalized spacial score (nSPS) is 11.1. The summed E-state index contributed by atoms with van der Waals surface area (Å²) < 4.78 is 11.0. The predicted octanol–water partition coefficient (Wildman–Crippen LogP) is 7.29. The largest absolute Gasteiger partial charge is 0.426 e. The van der Waals surface area contributed by atoms with Crippen LogP contribution in [-0.2, 0) is 11.2 Å². The van der Waals surface area contributed by atoms with Gasteiger partial charge in [-0.15, -0.1) is 11.3 Å². The van der Waals surface area contributed by atoms with E-state index in [1.54, 1.807) is 12.1 Å². The highest BCUT2D eigenvalue weighted by molar-refractivity contribution is 7.13. The summed E-state index contributed by atoms with van der Waals surface area (Å²) in [6.45, 7) is 3.53. The van der Waals surface area contributed by atoms with Crippen LogP contribution in [0.2, 0.25) is 5.02 Å². The molecule has 0 fully saturated rings. The van der Waals surface area contributed by atoms with Gasteiger partial charge in [-0.25, -0.2) is 9.78 Å². The molecule has 0 spiro atoms. The van der Waals surface area contributed by atoms with Crippen molar-refractivity contribution in [3.05, 3.63) is 68.9 Å². The second kappa shape index (κ2) is 10.3. The van der Waals surface area contributed by atoms with Gasteiger partial charge in [0.2, 0.25) is 0 Å². The van der Waals surface area contributed by atoms with Crippen molar-refractivity contribution in [3.63, 3.8) is 0 Å². The summed E-state index contributed by atoms with van der Waals surface area (Å²) in [4.78, 5) is 29.0. The summed E-state index contributed by atoms with van der Waals surface area (Å²) in [6.07, 6.45) is 5.19. The molecule has 0 aliphatic carbocycles. The molecule has 0 atom stereocenters. The van der Waals surface area contributed by atoms with E-state index >= 15 is 0 Å². The number of ether oxygens (including phenoxy) is 1. The van der Waals surface area contributed by atoms with Crippen molar-refractivity contribution in [1.29, 1.82) is 0 Å². The summed E-state index contributed by atoms with van der Waals surface area (Å²) in [5.74, 6) is 0.0438. The van der Waals surface area contributed by atoms with Crippen LogP contribution in [0.15, 0.2) is 57.1 Å². The Morgan fingerprint density at radius 1 is 1.12 bits per heavy atom. The van der Waals surface area contributed by atoms with Gasteiger partial charge in [0, 0.05) is 34.3 Å². The zero-order valence-corrected chi connectivity index (χ0v) is 20.1. The van der Waals surface area contributed by atoms with Crippen molar-refractivity contribution < 1.29 is 13.9 Å². The fourth-order valence-corrected chi connectivity index (χ4v) is 4.64. The Balaban J connectivity index is 1.71. The third-order valence-electron chi connectivity index (χ3n) is 5.34. The van der Waals surface area contributed by atoms with E-state index in [1.807, 2.05) is 35.7 Å². The first-order valence-corrected chi connectivity index (χ1v) is 12.2. The monoisotopic (exact) mass is 481 g/mol. The van der Waals surface area contributed by atoms with Crippen molar-refractivity contribution in [2.24, 2.45) is 0 Å². The number of fused-ring (bicyclic) bond motifs is 1. The lowest BCUT2D eigenvalue weighted by Gasteiger charge is -2.11. The minimum Gasteiger partial charge on any atom is -0.426 e. The number of thiazole rings is 1. The van der Waals surface area contributed by atoms with Crippen LogP contribution in [0.25, 0.3) is 32.8 Å². The Labute approximate surface area is 201 Å². The average Bonchev–Trinajstić information content (AvgIpc) is 3.27. The summed E-state index contributed by atoms with van der Waals surface area (Å²) in [7, 11) is 0. The molecule has 7 heteroatoms. The number of hydrogen-bond donors (Lipinski definition) is 0. The lowest BCUT2D eigenvalue weighted by Crippen LogP contribution is -2.06. The molecule has 0 N–H and O–H groups in total. The molecule has 170 valence electrons. The minimum absolute atomic E-state index is 0.381. The number of nitrogens with zero attached hydrogens (tertiary/aromatic N) is 1. The summed E-state index contributed by atoms with van der Waals surface area (Å²) >= 11 is 7.36. The van der Waals surface area contributed by atoms with Crippen LogP contribution in [0.5, 0.6) is 5.75 Å². The molecule has 0 saturated heterocycles. The van der Waals surface area contributed by atoms with Crippen LogP contribution in [0.4, 0.5) is 0 Å². The smallest absolute Gasteiger partial charge is 0.346 e. The first kappa shape index (κ1) is 23.2. The first-order valence-electron chi connectivity index (χ1n) is 11.0. The molecule has 4 rings (SSSR count). The van der Waals surface area contributed by atoms with Crippen molar-refractivity contribution >= 4 is 39.9 Å². The van der Waals surface area contributed by atoms with Gasteiger partial charge < -0.3 is 9.15 Å². The maximum atomic E-state index is 12.8. The minimum atomic E-state index is -0.482. The number of carbonyl (C=O) groups excluding carboxylic acids is 1. The van der Waals surface area contributed by atoms with Crippen molar-refractivity contribution in [3.8, 4) is 27.6 Å². The molecule has 2 aromatic carbocycles. The fourth-order valence-electron chi connectivity index (χ4n) is 3.68. The summed E-state index contributed by atoms with van der Waals surface area (Å²) in [6, 6.07) is 12.8. The van der Waals surface area contributed by atoms with Crippen LogP contribution >= 0.6 is 22.9 Å². The maximum Gasteiger partial charge on any atom is 0.346 e. The molecule has 0 bridgehead atoms. The summed E-state index contributed by atoms with van der Waals surface area (Å²) in [5, 5.41) is 3.92. The zero-order valence-electron chi connectivity index (χ0n) is 18.5. The van der Waals surface area contributed by atoms with E-state index in [4.69, 9.17) is 20.8 Å². The van der Waals surface area contributed by atoms with E-state index < -0.39 is 11.6 Å². The van der Waals surface area contributed by atoms with E-state index in [-0.39, 0.29) is 0 Å². The number of unbranched alkanes of at least 4 members (excludes halogenated alkanes) is 3. The average molecular weight is 482 g/mol. The van der Waals surface area contributed by atoms with Gasteiger partial charge in [0.1, 0.15) is 16.3 Å². The second-order valence-corrected chi connectivity index (χ2v) is 9.19. The van der Waals surface area contributed by atoms with Crippen molar-refractivity contribution in [2.75, 3.05) is 0 Å². The molecule has 0 aliphatic rings. The number of benzene rings is 2. The topological polar surface area (TPSA) is 69.4 Å². The van der Waals surface area contributed by atoms with Gasteiger partial charge in [-0.1, -0.05) is 49.9 Å². The number of carbonyl (C=O) groups is 1. The Kier molecular flexibility index (Phi) is 7.26. The van der Waals surface area contributed by atoms with Crippen LogP contribution in [-0.4, -0.2) is 11.0 Å². The lowest BCUT2D eigenvalue weighted by atomic mass is 10.0. The van der Waals surface area contributed by atoms with E-state index in [0.717, 1.165) is 54.3 Å². The zero-order chi connectivity index (χ0) is 23.4. The van der Waals surface area contributed by atoms with Gasteiger partial charge in [-0.3, -0.25) is 4.79 Å².